The number of hydrogen-bond donors (Lipinski definition) is 0. The van der Waals surface area contributed by atoms with Gasteiger partial charge < -0.3 is 14.4 Å². The van der Waals surface area contributed by atoms with Crippen molar-refractivity contribution in [3.05, 3.63) is 94.6 Å². The topological polar surface area (TPSA) is 38.8 Å². The van der Waals surface area contributed by atoms with Gasteiger partial charge >= 0.3 is 0 Å². The van der Waals surface area contributed by atoms with Crippen molar-refractivity contribution in [2.45, 2.75) is 39.7 Å². The molecule has 0 atom stereocenters. The molecular formula is C30H33NO3. The number of rotatable bonds is 8. The van der Waals surface area contributed by atoms with Crippen LogP contribution < -0.4 is 14.4 Å². The Morgan fingerprint density at radius 1 is 0.912 bits per heavy atom. The Kier molecular flexibility index (Phi) is 7.69. The quantitative estimate of drug-likeness (QED) is 0.277. The highest BCUT2D eigenvalue weighted by Gasteiger charge is 2.12. The van der Waals surface area contributed by atoms with Crippen molar-refractivity contribution in [3.63, 3.8) is 0 Å². The van der Waals surface area contributed by atoms with E-state index in [2.05, 4.69) is 36.1 Å². The van der Waals surface area contributed by atoms with Gasteiger partial charge in [0.15, 0.2) is 5.78 Å². The van der Waals surface area contributed by atoms with Crippen molar-refractivity contribution in [1.29, 1.82) is 0 Å². The molecule has 176 valence electrons. The first kappa shape index (κ1) is 23.6. The molecule has 0 radical (unpaired) electrons. The predicted octanol–water partition coefficient (Wildman–Crippen LogP) is 6.78. The molecule has 0 aliphatic carbocycles. The summed E-state index contributed by atoms with van der Waals surface area (Å²) in [5, 5.41) is 0. The molecule has 1 heterocycles. The van der Waals surface area contributed by atoms with Crippen molar-refractivity contribution in [2.75, 3.05) is 25.1 Å². The van der Waals surface area contributed by atoms with Crippen LogP contribution in [0.15, 0.2) is 66.7 Å². The van der Waals surface area contributed by atoms with E-state index in [1.165, 1.54) is 24.9 Å². The lowest BCUT2D eigenvalue weighted by molar-refractivity contribution is 0.104. The minimum Gasteiger partial charge on any atom is -0.496 e. The molecule has 0 unspecified atom stereocenters. The van der Waals surface area contributed by atoms with Crippen LogP contribution >= 0.6 is 0 Å². The predicted molar refractivity (Wildman–Crippen MR) is 139 cm³/mol. The van der Waals surface area contributed by atoms with Gasteiger partial charge in [-0.2, -0.15) is 0 Å². The number of allylic oxidation sites excluding steroid dienone is 1. The Morgan fingerprint density at radius 3 is 2.41 bits per heavy atom. The minimum atomic E-state index is -0.00537. The van der Waals surface area contributed by atoms with Crippen LogP contribution in [-0.2, 0) is 6.61 Å². The Balaban J connectivity index is 1.44. The summed E-state index contributed by atoms with van der Waals surface area (Å²) in [6, 6.07) is 20.0. The fourth-order valence-corrected chi connectivity index (χ4v) is 4.29. The van der Waals surface area contributed by atoms with Crippen LogP contribution in [-0.4, -0.2) is 26.0 Å². The molecular weight excluding hydrogens is 422 g/mol. The summed E-state index contributed by atoms with van der Waals surface area (Å²) in [5.41, 5.74) is 6.01. The van der Waals surface area contributed by atoms with Crippen LogP contribution in [0.1, 0.15) is 51.9 Å². The highest BCUT2D eigenvalue weighted by molar-refractivity contribution is 6.07. The summed E-state index contributed by atoms with van der Waals surface area (Å²) in [4.78, 5) is 15.1. The van der Waals surface area contributed by atoms with E-state index in [0.29, 0.717) is 12.2 Å². The molecule has 0 saturated carbocycles. The maximum atomic E-state index is 12.7. The lowest BCUT2D eigenvalue weighted by Gasteiger charge is -2.28. The molecule has 1 aliphatic heterocycles. The molecule has 0 spiro atoms. The number of hydrogen-bond acceptors (Lipinski definition) is 4. The van der Waals surface area contributed by atoms with Crippen LogP contribution in [0.3, 0.4) is 0 Å². The summed E-state index contributed by atoms with van der Waals surface area (Å²) in [7, 11) is 1.66. The van der Waals surface area contributed by atoms with Crippen LogP contribution in [0.5, 0.6) is 11.5 Å². The van der Waals surface area contributed by atoms with E-state index in [1.54, 1.807) is 13.2 Å². The van der Waals surface area contributed by atoms with Crippen molar-refractivity contribution in [3.8, 4) is 11.5 Å². The number of methoxy groups -OCH3 is 1. The average molecular weight is 456 g/mol. The first-order valence-electron chi connectivity index (χ1n) is 12.0. The molecule has 0 amide bonds. The smallest absolute Gasteiger partial charge is 0.185 e. The van der Waals surface area contributed by atoms with Crippen LogP contribution in [0, 0.1) is 13.8 Å². The Hall–Kier alpha value is -3.53. The zero-order valence-electron chi connectivity index (χ0n) is 20.3. The van der Waals surface area contributed by atoms with Gasteiger partial charge in [-0.05, 0) is 98.3 Å². The third-order valence-electron chi connectivity index (χ3n) is 6.33. The fraction of sp³-hybridized carbons (Fsp3) is 0.300. The van der Waals surface area contributed by atoms with Gasteiger partial charge in [0.05, 0.1) is 7.11 Å². The van der Waals surface area contributed by atoms with E-state index < -0.39 is 0 Å². The monoisotopic (exact) mass is 455 g/mol. The number of aryl methyl sites for hydroxylation is 2. The van der Waals surface area contributed by atoms with Crippen LogP contribution in [0.25, 0.3) is 6.08 Å². The Labute approximate surface area is 202 Å². The Bertz CT molecular complexity index is 1160. The molecule has 1 fully saturated rings. The normalized spacial score (nSPS) is 13.8. The molecule has 0 N–H and O–H groups in total. The van der Waals surface area contributed by atoms with E-state index >= 15 is 0 Å². The van der Waals surface area contributed by atoms with Crippen LogP contribution in [0.2, 0.25) is 0 Å². The maximum absolute atomic E-state index is 12.7. The summed E-state index contributed by atoms with van der Waals surface area (Å²) in [6.45, 7) is 6.67. The molecule has 4 nitrogen and oxygen atoms in total. The van der Waals surface area contributed by atoms with Gasteiger partial charge in [-0.25, -0.2) is 0 Å². The molecule has 3 aromatic carbocycles. The highest BCUT2D eigenvalue weighted by Crippen LogP contribution is 2.26. The summed E-state index contributed by atoms with van der Waals surface area (Å²) in [6.07, 6.45) is 7.27. The van der Waals surface area contributed by atoms with E-state index in [0.717, 1.165) is 46.8 Å². The van der Waals surface area contributed by atoms with Gasteiger partial charge in [0.1, 0.15) is 18.1 Å². The summed E-state index contributed by atoms with van der Waals surface area (Å²) < 4.78 is 11.6. The SMILES string of the molecule is COc1ccc(/C=C/C(=O)c2ccc(N3CCCCC3)cc2)cc1COc1cc(C)ccc1C. The number of nitrogens with zero attached hydrogens (tertiary/aromatic N) is 1. The first-order valence-corrected chi connectivity index (χ1v) is 12.0. The van der Waals surface area contributed by atoms with E-state index in [1.807, 2.05) is 49.4 Å². The lowest BCUT2D eigenvalue weighted by atomic mass is 10.1. The number of carbonyl (C=O) groups is 1. The maximum Gasteiger partial charge on any atom is 0.185 e. The minimum absolute atomic E-state index is 0.00537. The van der Waals surface area contributed by atoms with Crippen molar-refractivity contribution >= 4 is 17.5 Å². The number of benzene rings is 3. The van der Waals surface area contributed by atoms with Crippen molar-refractivity contribution in [2.24, 2.45) is 0 Å². The summed E-state index contributed by atoms with van der Waals surface area (Å²) in [5.74, 6) is 1.63. The second-order valence-electron chi connectivity index (χ2n) is 8.92. The average Bonchev–Trinajstić information content (AvgIpc) is 2.88. The Morgan fingerprint density at radius 2 is 1.68 bits per heavy atom. The number of ketones is 1. The van der Waals surface area contributed by atoms with Gasteiger partial charge in [-0.15, -0.1) is 0 Å². The molecule has 0 aromatic heterocycles. The molecule has 3 aromatic rings. The zero-order chi connectivity index (χ0) is 23.9. The third-order valence-corrected chi connectivity index (χ3v) is 6.33. The molecule has 0 bridgehead atoms. The van der Waals surface area contributed by atoms with Gasteiger partial charge in [0.2, 0.25) is 0 Å². The first-order chi connectivity index (χ1) is 16.5. The number of anilines is 1. The largest absolute Gasteiger partial charge is 0.496 e. The van der Waals surface area contributed by atoms with E-state index in [-0.39, 0.29) is 5.78 Å². The molecule has 4 heteroatoms. The zero-order valence-corrected chi connectivity index (χ0v) is 20.3. The standard InChI is InChI=1S/C30H33NO3/c1-22-7-8-23(2)30(19-22)34-21-26-20-24(10-16-29(26)33-3)9-15-28(32)25-11-13-27(14-12-25)31-17-5-4-6-18-31/h7-16,19-20H,4-6,17-18,21H2,1-3H3/b15-9+. The molecule has 4 rings (SSSR count). The van der Waals surface area contributed by atoms with Crippen LogP contribution in [0.4, 0.5) is 5.69 Å². The number of piperidine rings is 1. The second kappa shape index (κ2) is 11.1. The third kappa shape index (κ3) is 5.88. The van der Waals surface area contributed by atoms with E-state index in [4.69, 9.17) is 9.47 Å². The van der Waals surface area contributed by atoms with Gasteiger partial charge in [-0.1, -0.05) is 24.3 Å². The van der Waals surface area contributed by atoms with E-state index in [9.17, 15) is 4.79 Å². The van der Waals surface area contributed by atoms with Gasteiger partial charge in [-0.3, -0.25) is 4.79 Å². The fourth-order valence-electron chi connectivity index (χ4n) is 4.29. The molecule has 34 heavy (non-hydrogen) atoms. The highest BCUT2D eigenvalue weighted by atomic mass is 16.5. The molecule has 1 aliphatic rings. The van der Waals surface area contributed by atoms with Crippen molar-refractivity contribution < 1.29 is 14.3 Å². The number of ether oxygens (including phenoxy) is 2. The summed E-state index contributed by atoms with van der Waals surface area (Å²) >= 11 is 0. The number of carbonyl (C=O) groups excluding carboxylic acids is 1. The second-order valence-corrected chi connectivity index (χ2v) is 8.92. The van der Waals surface area contributed by atoms with Gasteiger partial charge in [0, 0.05) is 29.9 Å². The van der Waals surface area contributed by atoms with Gasteiger partial charge in [0.25, 0.3) is 0 Å². The lowest BCUT2D eigenvalue weighted by Crippen LogP contribution is -2.29. The molecule has 1 saturated heterocycles. The van der Waals surface area contributed by atoms with Crippen molar-refractivity contribution in [1.82, 2.24) is 0 Å².